The number of benzene rings is 4. The summed E-state index contributed by atoms with van der Waals surface area (Å²) < 4.78 is 7.65. The molecule has 44 heavy (non-hydrogen) atoms. The van der Waals surface area contributed by atoms with Gasteiger partial charge in [-0.3, -0.25) is 4.79 Å². The van der Waals surface area contributed by atoms with Crippen molar-refractivity contribution < 1.29 is 9.53 Å². The molecule has 0 radical (unpaired) electrons. The van der Waals surface area contributed by atoms with Gasteiger partial charge in [-0.1, -0.05) is 60.7 Å². The first kappa shape index (κ1) is 29.2. The van der Waals surface area contributed by atoms with Crippen LogP contribution in [0, 0.1) is 6.92 Å². The standard InChI is InChI=1S/C36H29ClN4O2S/c1-3-20-43-34-19-14-26(21-25(34)2)35-27(23-40(39-35)29-10-6-4-7-11-29)22-32-33(24-44-31-17-15-28(37)16-18-31)38-41(36(32)42)30-12-8-5-9-13-30/h3-19,21-23H,1,20,24H2,2H3/b32-22-. The summed E-state index contributed by atoms with van der Waals surface area (Å²) >= 11 is 7.70. The van der Waals surface area contributed by atoms with Gasteiger partial charge in [-0.05, 0) is 85.3 Å². The third kappa shape index (κ3) is 6.39. The van der Waals surface area contributed by atoms with Crippen molar-refractivity contribution in [2.45, 2.75) is 11.8 Å². The third-order valence-corrected chi connectivity index (χ3v) is 8.29. The van der Waals surface area contributed by atoms with Crippen molar-refractivity contribution in [2.75, 3.05) is 17.4 Å². The Bertz CT molecular complexity index is 1870. The molecular weight excluding hydrogens is 588 g/mol. The van der Waals surface area contributed by atoms with Gasteiger partial charge in [0.1, 0.15) is 12.4 Å². The maximum atomic E-state index is 14.0. The van der Waals surface area contributed by atoms with E-state index in [1.807, 2.05) is 121 Å². The molecule has 0 atom stereocenters. The summed E-state index contributed by atoms with van der Waals surface area (Å²) in [6, 6.07) is 33.0. The summed E-state index contributed by atoms with van der Waals surface area (Å²) in [6.45, 7) is 6.17. The third-order valence-electron chi connectivity index (χ3n) is 7.01. The summed E-state index contributed by atoms with van der Waals surface area (Å²) in [6.07, 6.45) is 5.59. The van der Waals surface area contributed by atoms with Gasteiger partial charge in [-0.2, -0.15) is 15.2 Å². The fourth-order valence-corrected chi connectivity index (χ4v) is 5.80. The number of halogens is 1. The number of anilines is 1. The number of carbonyl (C=O) groups excluding carboxylic acids is 1. The Hall–Kier alpha value is -4.85. The topological polar surface area (TPSA) is 59.7 Å². The van der Waals surface area contributed by atoms with E-state index in [1.165, 1.54) is 5.01 Å². The average molecular weight is 617 g/mol. The number of hydrazone groups is 1. The van der Waals surface area contributed by atoms with E-state index in [9.17, 15) is 4.79 Å². The molecule has 5 aromatic rings. The van der Waals surface area contributed by atoms with Crippen LogP contribution in [0.3, 0.4) is 0 Å². The van der Waals surface area contributed by atoms with Crippen LogP contribution in [0.2, 0.25) is 5.02 Å². The first-order valence-corrected chi connectivity index (χ1v) is 15.4. The van der Waals surface area contributed by atoms with Crippen LogP contribution < -0.4 is 9.75 Å². The number of rotatable bonds is 10. The number of hydrogen-bond acceptors (Lipinski definition) is 5. The van der Waals surface area contributed by atoms with E-state index >= 15 is 0 Å². The van der Waals surface area contributed by atoms with Crippen molar-refractivity contribution in [3.8, 4) is 22.7 Å². The van der Waals surface area contributed by atoms with Gasteiger partial charge < -0.3 is 4.74 Å². The number of amides is 1. The highest BCUT2D eigenvalue weighted by Crippen LogP contribution is 2.33. The van der Waals surface area contributed by atoms with Gasteiger partial charge in [0.2, 0.25) is 0 Å². The minimum atomic E-state index is -0.189. The lowest BCUT2D eigenvalue weighted by Gasteiger charge is -2.11. The molecule has 0 saturated carbocycles. The second-order valence-electron chi connectivity index (χ2n) is 10.1. The second-order valence-corrected chi connectivity index (χ2v) is 11.6. The van der Waals surface area contributed by atoms with Gasteiger partial charge in [0.05, 0.1) is 28.4 Å². The Morgan fingerprint density at radius 3 is 2.32 bits per heavy atom. The Morgan fingerprint density at radius 1 is 0.932 bits per heavy atom. The maximum Gasteiger partial charge on any atom is 0.280 e. The van der Waals surface area contributed by atoms with Crippen LogP contribution in [0.15, 0.2) is 138 Å². The Labute approximate surface area is 265 Å². The van der Waals surface area contributed by atoms with Crippen LogP contribution in [0.25, 0.3) is 23.0 Å². The van der Waals surface area contributed by atoms with Crippen LogP contribution in [0.4, 0.5) is 5.69 Å². The van der Waals surface area contributed by atoms with Gasteiger partial charge >= 0.3 is 0 Å². The molecule has 0 spiro atoms. The SMILES string of the molecule is C=CCOc1ccc(-c2nn(-c3ccccc3)cc2/C=C2\C(=O)N(c3ccccc3)N=C2CSc2ccc(Cl)cc2)cc1C. The lowest BCUT2D eigenvalue weighted by Crippen LogP contribution is -2.21. The van der Waals surface area contributed by atoms with Crippen LogP contribution in [0.1, 0.15) is 11.1 Å². The highest BCUT2D eigenvalue weighted by Gasteiger charge is 2.31. The van der Waals surface area contributed by atoms with Gasteiger partial charge in [0, 0.05) is 33.0 Å². The molecule has 1 aromatic heterocycles. The number of para-hydroxylation sites is 2. The molecule has 6 rings (SSSR count). The van der Waals surface area contributed by atoms with Crippen LogP contribution in [0.5, 0.6) is 5.75 Å². The normalized spacial score (nSPS) is 13.8. The molecule has 218 valence electrons. The molecule has 4 aromatic carbocycles. The molecule has 0 N–H and O–H groups in total. The van der Waals surface area contributed by atoms with E-state index in [0.717, 1.165) is 38.7 Å². The summed E-state index contributed by atoms with van der Waals surface area (Å²) in [4.78, 5) is 15.0. The maximum absolute atomic E-state index is 14.0. The van der Waals surface area contributed by atoms with Gasteiger partial charge in [-0.15, -0.1) is 11.8 Å². The number of ether oxygens (including phenoxy) is 1. The molecule has 0 fully saturated rings. The van der Waals surface area contributed by atoms with Crippen molar-refractivity contribution in [2.24, 2.45) is 5.10 Å². The molecule has 1 aliphatic heterocycles. The van der Waals surface area contributed by atoms with E-state index in [4.69, 9.17) is 26.5 Å². The molecule has 6 nitrogen and oxygen atoms in total. The van der Waals surface area contributed by atoms with Crippen molar-refractivity contribution in [3.63, 3.8) is 0 Å². The predicted molar refractivity (Wildman–Crippen MR) is 181 cm³/mol. The lowest BCUT2D eigenvalue weighted by atomic mass is 10.0. The lowest BCUT2D eigenvalue weighted by molar-refractivity contribution is -0.114. The Morgan fingerprint density at radius 2 is 1.64 bits per heavy atom. The van der Waals surface area contributed by atoms with E-state index in [1.54, 1.807) is 17.8 Å². The number of hydrogen-bond donors (Lipinski definition) is 0. The van der Waals surface area contributed by atoms with Crippen LogP contribution >= 0.6 is 23.4 Å². The largest absolute Gasteiger partial charge is 0.489 e. The molecule has 0 aliphatic carbocycles. The summed E-state index contributed by atoms with van der Waals surface area (Å²) in [5.74, 6) is 1.10. The Balaban J connectivity index is 1.43. The minimum absolute atomic E-state index is 0.189. The zero-order valence-electron chi connectivity index (χ0n) is 24.1. The van der Waals surface area contributed by atoms with Crippen molar-refractivity contribution in [3.05, 3.63) is 144 Å². The fourth-order valence-electron chi connectivity index (χ4n) is 4.83. The zero-order chi connectivity index (χ0) is 30.5. The minimum Gasteiger partial charge on any atom is -0.489 e. The molecule has 1 amide bonds. The number of aromatic nitrogens is 2. The van der Waals surface area contributed by atoms with Crippen molar-refractivity contribution in [1.29, 1.82) is 0 Å². The van der Waals surface area contributed by atoms with E-state index in [0.29, 0.717) is 34.4 Å². The smallest absolute Gasteiger partial charge is 0.280 e. The molecular formula is C36H29ClN4O2S. The van der Waals surface area contributed by atoms with Crippen molar-refractivity contribution >= 4 is 46.7 Å². The van der Waals surface area contributed by atoms with Crippen LogP contribution in [-0.4, -0.2) is 33.8 Å². The molecule has 2 heterocycles. The van der Waals surface area contributed by atoms with Gasteiger partial charge in [0.15, 0.2) is 0 Å². The van der Waals surface area contributed by atoms with Gasteiger partial charge in [0.25, 0.3) is 5.91 Å². The van der Waals surface area contributed by atoms with E-state index < -0.39 is 0 Å². The first-order valence-electron chi connectivity index (χ1n) is 14.1. The number of thioether (sulfide) groups is 1. The van der Waals surface area contributed by atoms with Gasteiger partial charge in [-0.25, -0.2) is 4.68 Å². The predicted octanol–water partition coefficient (Wildman–Crippen LogP) is 8.64. The summed E-state index contributed by atoms with van der Waals surface area (Å²) in [5.41, 5.74) is 6.26. The number of aryl methyl sites for hydroxylation is 1. The van der Waals surface area contributed by atoms with E-state index in [-0.39, 0.29) is 5.91 Å². The summed E-state index contributed by atoms with van der Waals surface area (Å²) in [5, 5.41) is 11.9. The van der Waals surface area contributed by atoms with Crippen LogP contribution in [-0.2, 0) is 4.79 Å². The monoisotopic (exact) mass is 616 g/mol. The van der Waals surface area contributed by atoms with E-state index in [2.05, 4.69) is 12.6 Å². The number of carbonyl (C=O) groups is 1. The second kappa shape index (κ2) is 13.2. The number of nitrogens with zero attached hydrogens (tertiary/aromatic N) is 4. The molecule has 8 heteroatoms. The molecule has 1 aliphatic rings. The first-order chi connectivity index (χ1) is 21.5. The molecule has 0 saturated heterocycles. The Kier molecular flexibility index (Phi) is 8.77. The highest BCUT2D eigenvalue weighted by atomic mass is 35.5. The average Bonchev–Trinajstić information content (AvgIpc) is 3.62. The molecule has 0 bridgehead atoms. The fraction of sp³-hybridized carbons (Fsp3) is 0.0833. The quantitative estimate of drug-likeness (QED) is 0.0895. The highest BCUT2D eigenvalue weighted by molar-refractivity contribution is 8.00. The molecule has 0 unspecified atom stereocenters. The summed E-state index contributed by atoms with van der Waals surface area (Å²) in [7, 11) is 0. The van der Waals surface area contributed by atoms with Crippen molar-refractivity contribution in [1.82, 2.24) is 9.78 Å². The zero-order valence-corrected chi connectivity index (χ0v) is 25.6.